The quantitative estimate of drug-likeness (QED) is 0.706. The fraction of sp³-hybridized carbons (Fsp3) is 0.267. The van der Waals surface area contributed by atoms with Crippen LogP contribution in [0.3, 0.4) is 0 Å². The molecule has 4 nitrogen and oxygen atoms in total. The molecule has 122 valence electrons. The molecule has 3 rings (SSSR count). The zero-order valence-corrected chi connectivity index (χ0v) is 15.1. The fourth-order valence-electron chi connectivity index (χ4n) is 2.44. The molecule has 0 radical (unpaired) electrons. The predicted octanol–water partition coefficient (Wildman–Crippen LogP) is 4.51. The maximum atomic E-state index is 11.6. The van der Waals surface area contributed by atoms with E-state index in [-0.39, 0.29) is 11.0 Å². The van der Waals surface area contributed by atoms with Gasteiger partial charge in [-0.15, -0.1) is 0 Å². The number of aromatic nitrogens is 1. The van der Waals surface area contributed by atoms with E-state index in [0.29, 0.717) is 33.8 Å². The number of aryl methyl sites for hydroxylation is 1. The third-order valence-corrected chi connectivity index (χ3v) is 5.91. The first kappa shape index (κ1) is 16.8. The largest absolute Gasteiger partial charge is 0.469 e. The smallest absolute Gasteiger partial charge is 0.217 e. The van der Waals surface area contributed by atoms with Gasteiger partial charge in [0.25, 0.3) is 0 Å². The molecule has 0 bridgehead atoms. The lowest BCUT2D eigenvalue weighted by atomic mass is 9.99. The van der Waals surface area contributed by atoms with E-state index in [2.05, 4.69) is 4.98 Å². The van der Waals surface area contributed by atoms with Gasteiger partial charge >= 0.3 is 0 Å². The third-order valence-electron chi connectivity index (χ3n) is 3.64. The van der Waals surface area contributed by atoms with Crippen LogP contribution in [-0.2, 0) is 16.3 Å². The van der Waals surface area contributed by atoms with E-state index in [1.807, 2.05) is 0 Å². The molecular formula is C15H12Cl3NO3S. The molecule has 0 saturated heterocycles. The molecule has 8 heteroatoms. The highest BCUT2D eigenvalue weighted by Gasteiger charge is 2.25. The van der Waals surface area contributed by atoms with Crippen LogP contribution < -0.4 is 4.74 Å². The summed E-state index contributed by atoms with van der Waals surface area (Å²) < 4.78 is 29.0. The third kappa shape index (κ3) is 3.43. The van der Waals surface area contributed by atoms with Crippen LogP contribution in [0.2, 0.25) is 15.1 Å². The zero-order chi connectivity index (χ0) is 16.8. The number of rotatable bonds is 2. The average molecular weight is 393 g/mol. The molecule has 0 fully saturated rings. The first-order valence-corrected chi connectivity index (χ1v) is 9.78. The molecule has 2 heterocycles. The molecule has 1 aromatic carbocycles. The van der Waals surface area contributed by atoms with Gasteiger partial charge in [-0.05, 0) is 36.6 Å². The van der Waals surface area contributed by atoms with Gasteiger partial charge in [0.1, 0.15) is 6.10 Å². The van der Waals surface area contributed by atoms with E-state index in [9.17, 15) is 8.42 Å². The Morgan fingerprint density at radius 2 is 1.83 bits per heavy atom. The van der Waals surface area contributed by atoms with Crippen molar-refractivity contribution in [1.82, 2.24) is 4.98 Å². The summed E-state index contributed by atoms with van der Waals surface area (Å²) in [5, 5.41) is 1.04. The summed E-state index contributed by atoms with van der Waals surface area (Å²) in [7, 11) is -3.29. The van der Waals surface area contributed by atoms with Crippen LogP contribution in [0.15, 0.2) is 29.3 Å². The van der Waals surface area contributed by atoms with E-state index < -0.39 is 9.84 Å². The SMILES string of the molecule is CS(=O)(=O)c1cnc2c(c1)CCC(c1cc(Cl)c(Cl)c(Cl)c1)O2. The zero-order valence-electron chi connectivity index (χ0n) is 12.0. The molecular weight excluding hydrogens is 381 g/mol. The molecule has 1 aliphatic heterocycles. The van der Waals surface area contributed by atoms with E-state index in [0.717, 1.165) is 17.4 Å². The topological polar surface area (TPSA) is 56.3 Å². The minimum atomic E-state index is -3.29. The Hall–Kier alpha value is -1.01. The van der Waals surface area contributed by atoms with Crippen molar-refractivity contribution >= 4 is 44.6 Å². The molecule has 2 aromatic rings. The van der Waals surface area contributed by atoms with Crippen molar-refractivity contribution in [3.8, 4) is 5.88 Å². The van der Waals surface area contributed by atoms with Gasteiger partial charge in [-0.3, -0.25) is 0 Å². The van der Waals surface area contributed by atoms with Crippen LogP contribution in [0.25, 0.3) is 0 Å². The van der Waals surface area contributed by atoms with E-state index in [1.165, 1.54) is 6.20 Å². The number of ether oxygens (including phenoxy) is 1. The summed E-state index contributed by atoms with van der Waals surface area (Å²) in [6.45, 7) is 0. The molecule has 1 unspecified atom stereocenters. The molecule has 1 aliphatic rings. The first-order valence-electron chi connectivity index (χ1n) is 6.76. The molecule has 0 spiro atoms. The molecule has 0 amide bonds. The van der Waals surface area contributed by atoms with E-state index in [4.69, 9.17) is 39.5 Å². The number of nitrogens with zero attached hydrogens (tertiary/aromatic N) is 1. The van der Waals surface area contributed by atoms with E-state index >= 15 is 0 Å². The maximum Gasteiger partial charge on any atom is 0.217 e. The lowest BCUT2D eigenvalue weighted by Gasteiger charge is -2.26. The highest BCUT2D eigenvalue weighted by molar-refractivity contribution is 7.90. The van der Waals surface area contributed by atoms with Crippen molar-refractivity contribution in [1.29, 1.82) is 0 Å². The van der Waals surface area contributed by atoms with Crippen LogP contribution in [0, 0.1) is 0 Å². The van der Waals surface area contributed by atoms with Crippen molar-refractivity contribution in [2.45, 2.75) is 23.8 Å². The van der Waals surface area contributed by atoms with Crippen LogP contribution in [0.1, 0.15) is 23.7 Å². The fourth-order valence-corrected chi connectivity index (χ4v) is 3.65. The molecule has 0 saturated carbocycles. The molecule has 0 aliphatic carbocycles. The highest BCUT2D eigenvalue weighted by Crippen LogP contribution is 2.38. The van der Waals surface area contributed by atoms with Crippen LogP contribution in [-0.4, -0.2) is 19.7 Å². The number of hydrogen-bond donors (Lipinski definition) is 0. The van der Waals surface area contributed by atoms with Crippen molar-refractivity contribution in [2.24, 2.45) is 0 Å². The molecule has 0 N–H and O–H groups in total. The van der Waals surface area contributed by atoms with Gasteiger partial charge in [-0.25, -0.2) is 13.4 Å². The number of pyridine rings is 1. The Bertz CT molecular complexity index is 861. The Morgan fingerprint density at radius 1 is 1.17 bits per heavy atom. The number of hydrogen-bond acceptors (Lipinski definition) is 4. The van der Waals surface area contributed by atoms with Crippen LogP contribution in [0.5, 0.6) is 5.88 Å². The highest BCUT2D eigenvalue weighted by atomic mass is 35.5. The Balaban J connectivity index is 1.92. The van der Waals surface area contributed by atoms with Crippen molar-refractivity contribution in [2.75, 3.05) is 6.26 Å². The second-order valence-electron chi connectivity index (χ2n) is 5.35. The molecule has 23 heavy (non-hydrogen) atoms. The second kappa shape index (κ2) is 6.13. The summed E-state index contributed by atoms with van der Waals surface area (Å²) in [4.78, 5) is 4.32. The Morgan fingerprint density at radius 3 is 2.43 bits per heavy atom. The molecule has 1 atom stereocenters. The number of sulfone groups is 1. The van der Waals surface area contributed by atoms with Gasteiger partial charge in [-0.2, -0.15) is 0 Å². The standard InChI is InChI=1S/C15H12Cl3NO3S/c1-23(20,21)10-4-8-2-3-13(22-15(8)19-7-10)9-5-11(16)14(18)12(17)6-9/h4-7,13H,2-3H2,1H3. The van der Waals surface area contributed by atoms with Gasteiger partial charge in [0.15, 0.2) is 9.84 Å². The van der Waals surface area contributed by atoms with Gasteiger partial charge in [-0.1, -0.05) is 34.8 Å². The van der Waals surface area contributed by atoms with Gasteiger partial charge < -0.3 is 4.74 Å². The number of fused-ring (bicyclic) bond motifs is 1. The van der Waals surface area contributed by atoms with Gasteiger partial charge in [0, 0.05) is 18.0 Å². The summed E-state index contributed by atoms with van der Waals surface area (Å²) >= 11 is 18.1. The summed E-state index contributed by atoms with van der Waals surface area (Å²) in [6, 6.07) is 5.04. The summed E-state index contributed by atoms with van der Waals surface area (Å²) in [5.74, 6) is 0.427. The normalized spacial score (nSPS) is 17.5. The Kier molecular flexibility index (Phi) is 4.49. The van der Waals surface area contributed by atoms with Crippen molar-refractivity contribution in [3.63, 3.8) is 0 Å². The minimum Gasteiger partial charge on any atom is -0.469 e. The minimum absolute atomic E-state index is 0.191. The number of benzene rings is 1. The number of halogens is 3. The predicted molar refractivity (Wildman–Crippen MR) is 90.5 cm³/mol. The second-order valence-corrected chi connectivity index (χ2v) is 8.56. The van der Waals surface area contributed by atoms with Crippen molar-refractivity contribution in [3.05, 3.63) is 50.6 Å². The van der Waals surface area contributed by atoms with Crippen LogP contribution >= 0.6 is 34.8 Å². The van der Waals surface area contributed by atoms with Gasteiger partial charge in [0.05, 0.1) is 20.0 Å². The van der Waals surface area contributed by atoms with Gasteiger partial charge in [0.2, 0.25) is 5.88 Å². The summed E-state index contributed by atoms with van der Waals surface area (Å²) in [5.41, 5.74) is 1.58. The van der Waals surface area contributed by atoms with Crippen LogP contribution in [0.4, 0.5) is 0 Å². The average Bonchev–Trinajstić information content (AvgIpc) is 2.50. The van der Waals surface area contributed by atoms with Crippen molar-refractivity contribution < 1.29 is 13.2 Å². The van der Waals surface area contributed by atoms with E-state index in [1.54, 1.807) is 18.2 Å². The summed E-state index contributed by atoms with van der Waals surface area (Å²) in [6.07, 6.45) is 3.51. The first-order chi connectivity index (χ1) is 10.8. The molecule has 1 aromatic heterocycles. The lowest BCUT2D eigenvalue weighted by Crippen LogP contribution is -2.17. The monoisotopic (exact) mass is 391 g/mol. The lowest BCUT2D eigenvalue weighted by molar-refractivity contribution is 0.167. The Labute approximate surface area is 149 Å². The maximum absolute atomic E-state index is 11.6.